The first-order valence-corrected chi connectivity index (χ1v) is 8.53. The van der Waals surface area contributed by atoms with Crippen molar-refractivity contribution in [3.63, 3.8) is 0 Å². The molecular formula is C15H19N5O3S. The minimum atomic E-state index is -0.538. The van der Waals surface area contributed by atoms with Crippen LogP contribution < -0.4 is 16.6 Å². The van der Waals surface area contributed by atoms with Crippen molar-refractivity contribution in [1.29, 1.82) is 0 Å². The molecule has 0 aliphatic carbocycles. The summed E-state index contributed by atoms with van der Waals surface area (Å²) in [6, 6.07) is 0. The number of carbonyl (C=O) groups is 1. The Bertz CT molecular complexity index is 882. The highest BCUT2D eigenvalue weighted by atomic mass is 32.1. The van der Waals surface area contributed by atoms with E-state index in [4.69, 9.17) is 0 Å². The molecule has 2 aromatic heterocycles. The van der Waals surface area contributed by atoms with Gasteiger partial charge in [0.15, 0.2) is 5.13 Å². The second-order valence-corrected chi connectivity index (χ2v) is 7.02. The van der Waals surface area contributed by atoms with Gasteiger partial charge in [-0.3, -0.25) is 14.6 Å². The van der Waals surface area contributed by atoms with Crippen LogP contribution in [0.1, 0.15) is 28.2 Å². The third-order valence-electron chi connectivity index (χ3n) is 4.03. The topological polar surface area (TPSA) is 111 Å². The minimum Gasteiger partial charge on any atom is -0.311 e. The molecule has 0 saturated carbocycles. The summed E-state index contributed by atoms with van der Waals surface area (Å²) in [6.07, 6.45) is 1.31. The quantitative estimate of drug-likeness (QED) is 0.739. The van der Waals surface area contributed by atoms with Crippen molar-refractivity contribution >= 4 is 22.4 Å². The number of hydrogen-bond acceptors (Lipinski definition) is 6. The van der Waals surface area contributed by atoms with Crippen LogP contribution in [0.15, 0.2) is 9.59 Å². The van der Waals surface area contributed by atoms with Crippen molar-refractivity contribution < 1.29 is 4.79 Å². The molecule has 0 bridgehead atoms. The lowest BCUT2D eigenvalue weighted by molar-refractivity contribution is -0.116. The Kier molecular flexibility index (Phi) is 4.63. The fourth-order valence-corrected chi connectivity index (χ4v) is 3.83. The molecule has 3 N–H and O–H groups in total. The van der Waals surface area contributed by atoms with E-state index in [1.807, 2.05) is 0 Å². The van der Waals surface area contributed by atoms with Gasteiger partial charge in [-0.05, 0) is 20.4 Å². The molecule has 128 valence electrons. The lowest BCUT2D eigenvalue weighted by Crippen LogP contribution is -2.27. The van der Waals surface area contributed by atoms with Crippen LogP contribution in [0.4, 0.5) is 5.13 Å². The maximum absolute atomic E-state index is 12.1. The number of anilines is 1. The Morgan fingerprint density at radius 3 is 2.92 bits per heavy atom. The number of hydrogen-bond donors (Lipinski definition) is 3. The van der Waals surface area contributed by atoms with Crippen LogP contribution in [0.3, 0.4) is 0 Å². The summed E-state index contributed by atoms with van der Waals surface area (Å²) in [5.74, 6) is -0.195. The molecule has 8 nitrogen and oxygen atoms in total. The number of H-pyrrole nitrogens is 2. The summed E-state index contributed by atoms with van der Waals surface area (Å²) in [5, 5.41) is 3.40. The molecule has 0 aromatic carbocycles. The van der Waals surface area contributed by atoms with E-state index >= 15 is 0 Å². The number of nitrogens with zero attached hydrogens (tertiary/aromatic N) is 2. The Hall–Kier alpha value is -2.26. The molecule has 0 atom stereocenters. The van der Waals surface area contributed by atoms with Gasteiger partial charge < -0.3 is 15.2 Å². The number of amides is 1. The van der Waals surface area contributed by atoms with Crippen LogP contribution >= 0.6 is 11.3 Å². The van der Waals surface area contributed by atoms with E-state index < -0.39 is 11.2 Å². The van der Waals surface area contributed by atoms with Gasteiger partial charge in [0, 0.05) is 42.1 Å². The number of fused-ring (bicyclic) bond motifs is 1. The van der Waals surface area contributed by atoms with Gasteiger partial charge in [-0.2, -0.15) is 0 Å². The first-order valence-electron chi connectivity index (χ1n) is 7.71. The molecule has 3 rings (SSSR count). The first-order chi connectivity index (χ1) is 11.4. The summed E-state index contributed by atoms with van der Waals surface area (Å²) in [7, 11) is 2.06. The molecular weight excluding hydrogens is 330 g/mol. The van der Waals surface area contributed by atoms with Gasteiger partial charge in [0.25, 0.3) is 5.56 Å². The maximum Gasteiger partial charge on any atom is 0.325 e. The van der Waals surface area contributed by atoms with E-state index in [0.29, 0.717) is 16.4 Å². The zero-order valence-corrected chi connectivity index (χ0v) is 14.4. The van der Waals surface area contributed by atoms with E-state index in [2.05, 4.69) is 32.2 Å². The fourth-order valence-electron chi connectivity index (χ4n) is 2.72. The lowest BCUT2D eigenvalue weighted by atomic mass is 10.1. The molecule has 0 radical (unpaired) electrons. The number of nitrogens with one attached hydrogen (secondary N) is 3. The highest BCUT2D eigenvalue weighted by Crippen LogP contribution is 2.27. The Labute approximate surface area is 141 Å². The van der Waals surface area contributed by atoms with Crippen molar-refractivity contribution in [1.82, 2.24) is 19.9 Å². The Morgan fingerprint density at radius 2 is 2.17 bits per heavy atom. The summed E-state index contributed by atoms with van der Waals surface area (Å²) in [5.41, 5.74) is 0.983. The van der Waals surface area contributed by atoms with Crippen LogP contribution in [0.5, 0.6) is 0 Å². The fraction of sp³-hybridized carbons (Fsp3) is 0.467. The predicted octanol–water partition coefficient (Wildman–Crippen LogP) is 0.387. The summed E-state index contributed by atoms with van der Waals surface area (Å²) in [4.78, 5) is 47.6. The second kappa shape index (κ2) is 6.70. The summed E-state index contributed by atoms with van der Waals surface area (Å²) < 4.78 is 0. The Balaban J connectivity index is 1.63. The molecule has 2 aromatic rings. The molecule has 0 unspecified atom stereocenters. The highest BCUT2D eigenvalue weighted by Gasteiger charge is 2.19. The SMILES string of the molecule is Cc1[nH]c(=O)[nH]c(=O)c1CCC(=O)Nc1nc2c(s1)CN(C)CC2. The van der Waals surface area contributed by atoms with Crippen LogP contribution in [-0.2, 0) is 24.2 Å². The van der Waals surface area contributed by atoms with Crippen molar-refractivity contribution in [2.45, 2.75) is 32.7 Å². The molecule has 1 aliphatic rings. The van der Waals surface area contributed by atoms with Gasteiger partial charge >= 0.3 is 5.69 Å². The molecule has 3 heterocycles. The van der Waals surface area contributed by atoms with E-state index in [9.17, 15) is 14.4 Å². The molecule has 0 fully saturated rings. The molecule has 9 heteroatoms. The van der Waals surface area contributed by atoms with Gasteiger partial charge in [-0.1, -0.05) is 0 Å². The number of aromatic nitrogens is 3. The standard InChI is InChI=1S/C15H19N5O3S/c1-8-9(13(22)19-14(23)16-8)3-4-12(21)18-15-17-10-5-6-20(2)7-11(10)24-15/h3-7H2,1-2H3,(H,17,18,21)(H2,16,19,22,23). The largest absolute Gasteiger partial charge is 0.325 e. The summed E-state index contributed by atoms with van der Waals surface area (Å²) >= 11 is 1.50. The van der Waals surface area contributed by atoms with Gasteiger partial charge in [0.2, 0.25) is 5.91 Å². The Morgan fingerprint density at radius 1 is 1.38 bits per heavy atom. The lowest BCUT2D eigenvalue weighted by Gasteiger charge is -2.20. The third kappa shape index (κ3) is 3.62. The summed E-state index contributed by atoms with van der Waals surface area (Å²) in [6.45, 7) is 3.47. The number of carbonyl (C=O) groups excluding carboxylic acids is 1. The van der Waals surface area contributed by atoms with Gasteiger partial charge in [0.05, 0.1) is 5.69 Å². The molecule has 1 amide bonds. The van der Waals surface area contributed by atoms with Crippen molar-refractivity contribution in [3.8, 4) is 0 Å². The molecule has 0 spiro atoms. The van der Waals surface area contributed by atoms with Crippen LogP contribution in [0.25, 0.3) is 0 Å². The third-order valence-corrected chi connectivity index (χ3v) is 5.02. The minimum absolute atomic E-state index is 0.153. The highest BCUT2D eigenvalue weighted by molar-refractivity contribution is 7.15. The van der Waals surface area contributed by atoms with E-state index in [1.165, 1.54) is 16.2 Å². The zero-order chi connectivity index (χ0) is 17.3. The smallest absolute Gasteiger partial charge is 0.311 e. The first kappa shape index (κ1) is 16.6. The number of aromatic amines is 2. The molecule has 24 heavy (non-hydrogen) atoms. The maximum atomic E-state index is 12.1. The monoisotopic (exact) mass is 349 g/mol. The number of thiazole rings is 1. The van der Waals surface area contributed by atoms with Gasteiger partial charge in [0.1, 0.15) is 0 Å². The van der Waals surface area contributed by atoms with Crippen molar-refractivity contribution in [2.24, 2.45) is 0 Å². The van der Waals surface area contributed by atoms with Crippen LogP contribution in [0.2, 0.25) is 0 Å². The number of likely N-dealkylation sites (N-methyl/N-ethyl adjacent to an activating group) is 1. The van der Waals surface area contributed by atoms with Gasteiger partial charge in [-0.25, -0.2) is 9.78 Å². The second-order valence-electron chi connectivity index (χ2n) is 5.94. The normalized spacial score (nSPS) is 14.4. The van der Waals surface area contributed by atoms with Crippen LogP contribution in [0, 0.1) is 6.92 Å². The van der Waals surface area contributed by atoms with Crippen molar-refractivity contribution in [2.75, 3.05) is 18.9 Å². The van der Waals surface area contributed by atoms with Crippen LogP contribution in [-0.4, -0.2) is 39.4 Å². The zero-order valence-electron chi connectivity index (χ0n) is 13.6. The molecule has 1 aliphatic heterocycles. The van der Waals surface area contributed by atoms with E-state index in [-0.39, 0.29) is 18.7 Å². The predicted molar refractivity (Wildman–Crippen MR) is 91.5 cm³/mol. The number of rotatable bonds is 4. The van der Waals surface area contributed by atoms with Gasteiger partial charge in [-0.15, -0.1) is 11.3 Å². The average Bonchev–Trinajstić information content (AvgIpc) is 2.87. The van der Waals surface area contributed by atoms with E-state index in [0.717, 1.165) is 25.2 Å². The van der Waals surface area contributed by atoms with Crippen molar-refractivity contribution in [3.05, 3.63) is 42.7 Å². The van der Waals surface area contributed by atoms with E-state index in [1.54, 1.807) is 6.92 Å². The average molecular weight is 349 g/mol. The molecule has 0 saturated heterocycles. The number of aryl methyl sites for hydroxylation is 1.